The molecule has 2 heteroatoms. The van der Waals surface area contributed by atoms with E-state index in [-0.39, 0.29) is 5.41 Å². The van der Waals surface area contributed by atoms with Crippen molar-refractivity contribution in [2.45, 2.75) is 66.4 Å². The van der Waals surface area contributed by atoms with Crippen LogP contribution in [0.3, 0.4) is 0 Å². The quantitative estimate of drug-likeness (QED) is 0.746. The van der Waals surface area contributed by atoms with Crippen LogP contribution in [-0.2, 0) is 16.8 Å². The van der Waals surface area contributed by atoms with Crippen molar-refractivity contribution in [2.24, 2.45) is 5.92 Å². The Kier molecular flexibility index (Phi) is 6.07. The maximum absolute atomic E-state index is 10.2. The normalized spacial score (nSPS) is 12.2. The molecule has 0 aliphatic rings. The van der Waals surface area contributed by atoms with E-state index in [4.69, 9.17) is 4.74 Å². The molecule has 1 rings (SSSR count). The second kappa shape index (κ2) is 7.12. The molecule has 0 aromatic heterocycles. The summed E-state index contributed by atoms with van der Waals surface area (Å²) in [5.41, 5.74) is 3.02. The van der Waals surface area contributed by atoms with Crippen LogP contribution in [-0.4, -0.2) is 11.7 Å². The number of benzene rings is 1. The highest BCUT2D eigenvalue weighted by Crippen LogP contribution is 2.34. The Balaban J connectivity index is 2.65. The van der Waals surface area contributed by atoms with Gasteiger partial charge in [-0.15, -0.1) is 0 Å². The van der Waals surface area contributed by atoms with E-state index in [1.807, 2.05) is 13.0 Å². The van der Waals surface area contributed by atoms with Crippen molar-refractivity contribution in [2.75, 3.05) is 6.61 Å². The summed E-state index contributed by atoms with van der Waals surface area (Å²) in [7, 11) is 0. The van der Waals surface area contributed by atoms with Gasteiger partial charge in [0.15, 0.2) is 0 Å². The van der Waals surface area contributed by atoms with Gasteiger partial charge in [-0.3, -0.25) is 0 Å². The molecule has 0 saturated carbocycles. The number of ether oxygens (including phenoxy) is 1. The fraction of sp³-hybridized carbons (Fsp3) is 0.667. The highest BCUT2D eigenvalue weighted by atomic mass is 16.5. The lowest BCUT2D eigenvalue weighted by molar-refractivity contribution is 0.114. The van der Waals surface area contributed by atoms with Gasteiger partial charge in [-0.25, -0.2) is 0 Å². The molecule has 0 fully saturated rings. The van der Waals surface area contributed by atoms with E-state index >= 15 is 0 Å². The first-order chi connectivity index (χ1) is 9.21. The molecule has 114 valence electrons. The van der Waals surface area contributed by atoms with Gasteiger partial charge in [0.2, 0.25) is 0 Å². The number of aromatic hydroxyl groups is 1. The Bertz CT molecular complexity index is 428. The molecule has 0 atom stereocenters. The van der Waals surface area contributed by atoms with E-state index in [1.165, 1.54) is 6.42 Å². The smallest absolute Gasteiger partial charge is 0.122 e. The Hall–Kier alpha value is -1.02. The summed E-state index contributed by atoms with van der Waals surface area (Å²) >= 11 is 0. The van der Waals surface area contributed by atoms with Crippen molar-refractivity contribution < 1.29 is 9.84 Å². The summed E-state index contributed by atoms with van der Waals surface area (Å²) in [5, 5.41) is 10.2. The molecule has 0 heterocycles. The van der Waals surface area contributed by atoms with Crippen molar-refractivity contribution in [1.29, 1.82) is 0 Å². The van der Waals surface area contributed by atoms with Gasteiger partial charge < -0.3 is 9.84 Å². The molecule has 1 N–H and O–H groups in total. The van der Waals surface area contributed by atoms with Gasteiger partial charge in [-0.05, 0) is 53.9 Å². The average Bonchev–Trinajstić information content (AvgIpc) is 2.31. The first-order valence-corrected chi connectivity index (χ1v) is 7.62. The zero-order valence-corrected chi connectivity index (χ0v) is 13.9. The van der Waals surface area contributed by atoms with Gasteiger partial charge in [0.25, 0.3) is 0 Å². The van der Waals surface area contributed by atoms with Crippen molar-refractivity contribution in [3.8, 4) is 5.75 Å². The number of hydrogen-bond acceptors (Lipinski definition) is 2. The second-order valence-electron chi connectivity index (χ2n) is 7.15. The number of rotatable bonds is 6. The second-order valence-corrected chi connectivity index (χ2v) is 7.15. The van der Waals surface area contributed by atoms with Crippen molar-refractivity contribution in [3.63, 3.8) is 0 Å². The number of phenols is 1. The standard InChI is InChI=1S/C18H30O2/c1-13(2)8-7-9-20-12-15-10-14(3)17(19)16(11-15)18(4,5)6/h10-11,13,19H,7-9,12H2,1-6H3. The van der Waals surface area contributed by atoms with Crippen molar-refractivity contribution in [3.05, 3.63) is 28.8 Å². The molecule has 0 aliphatic heterocycles. The Morgan fingerprint density at radius 3 is 2.40 bits per heavy atom. The summed E-state index contributed by atoms with van der Waals surface area (Å²) in [6.45, 7) is 14.2. The van der Waals surface area contributed by atoms with E-state index in [9.17, 15) is 5.11 Å². The van der Waals surface area contributed by atoms with Crippen LogP contribution in [0.5, 0.6) is 5.75 Å². The number of hydrogen-bond donors (Lipinski definition) is 1. The van der Waals surface area contributed by atoms with E-state index < -0.39 is 0 Å². The van der Waals surface area contributed by atoms with Gasteiger partial charge in [0, 0.05) is 6.61 Å². The Morgan fingerprint density at radius 2 is 1.85 bits per heavy atom. The third kappa shape index (κ3) is 5.16. The lowest BCUT2D eigenvalue weighted by atomic mass is 9.84. The number of phenolic OH excluding ortho intramolecular Hbond substituents is 1. The molecular formula is C18H30O2. The molecule has 0 saturated heterocycles. The third-order valence-corrected chi connectivity index (χ3v) is 3.51. The highest BCUT2D eigenvalue weighted by Gasteiger charge is 2.20. The molecule has 0 aliphatic carbocycles. The van der Waals surface area contributed by atoms with Crippen molar-refractivity contribution >= 4 is 0 Å². The lowest BCUT2D eigenvalue weighted by Gasteiger charge is -2.22. The topological polar surface area (TPSA) is 29.5 Å². The molecule has 0 bridgehead atoms. The minimum absolute atomic E-state index is 0.0531. The Labute approximate surface area is 124 Å². The predicted octanol–water partition coefficient (Wildman–Crippen LogP) is 4.95. The predicted molar refractivity (Wildman–Crippen MR) is 85.3 cm³/mol. The van der Waals surface area contributed by atoms with Crippen LogP contribution in [0.2, 0.25) is 0 Å². The largest absolute Gasteiger partial charge is 0.507 e. The number of aryl methyl sites for hydroxylation is 1. The van der Waals surface area contributed by atoms with Gasteiger partial charge in [-0.1, -0.05) is 40.7 Å². The summed E-state index contributed by atoms with van der Waals surface area (Å²) in [4.78, 5) is 0. The molecular weight excluding hydrogens is 248 g/mol. The molecule has 1 aromatic rings. The van der Waals surface area contributed by atoms with E-state index in [0.717, 1.165) is 35.6 Å². The molecule has 0 radical (unpaired) electrons. The molecule has 1 aromatic carbocycles. The molecule has 2 nitrogen and oxygen atoms in total. The van der Waals surface area contributed by atoms with Crippen molar-refractivity contribution in [1.82, 2.24) is 0 Å². The van der Waals surface area contributed by atoms with E-state index in [1.54, 1.807) is 0 Å². The summed E-state index contributed by atoms with van der Waals surface area (Å²) in [6, 6.07) is 4.10. The van der Waals surface area contributed by atoms with Crippen LogP contribution < -0.4 is 0 Å². The maximum Gasteiger partial charge on any atom is 0.122 e. The summed E-state index contributed by atoms with van der Waals surface area (Å²) in [5.74, 6) is 1.16. The first-order valence-electron chi connectivity index (χ1n) is 7.62. The zero-order valence-electron chi connectivity index (χ0n) is 13.9. The van der Waals surface area contributed by atoms with E-state index in [0.29, 0.717) is 12.4 Å². The SMILES string of the molecule is Cc1cc(COCCCC(C)C)cc(C(C)(C)C)c1O. The molecule has 0 unspecified atom stereocenters. The third-order valence-electron chi connectivity index (χ3n) is 3.51. The van der Waals surface area contributed by atoms with Crippen LogP contribution in [0.1, 0.15) is 64.2 Å². The Morgan fingerprint density at radius 1 is 1.20 bits per heavy atom. The molecule has 20 heavy (non-hydrogen) atoms. The maximum atomic E-state index is 10.2. The van der Waals surface area contributed by atoms with Crippen LogP contribution in [0.15, 0.2) is 12.1 Å². The van der Waals surface area contributed by atoms with Crippen LogP contribution in [0.25, 0.3) is 0 Å². The first kappa shape index (κ1) is 17.0. The minimum atomic E-state index is -0.0531. The van der Waals surface area contributed by atoms with Crippen LogP contribution in [0.4, 0.5) is 0 Å². The minimum Gasteiger partial charge on any atom is -0.507 e. The van der Waals surface area contributed by atoms with Gasteiger partial charge >= 0.3 is 0 Å². The highest BCUT2D eigenvalue weighted by molar-refractivity contribution is 5.46. The fourth-order valence-electron chi connectivity index (χ4n) is 2.29. The lowest BCUT2D eigenvalue weighted by Crippen LogP contribution is -2.12. The van der Waals surface area contributed by atoms with Gasteiger partial charge in [-0.2, -0.15) is 0 Å². The van der Waals surface area contributed by atoms with Crippen LogP contribution in [0, 0.1) is 12.8 Å². The summed E-state index contributed by atoms with van der Waals surface area (Å²) in [6.07, 6.45) is 2.32. The van der Waals surface area contributed by atoms with Crippen LogP contribution >= 0.6 is 0 Å². The fourth-order valence-corrected chi connectivity index (χ4v) is 2.29. The molecule has 0 amide bonds. The average molecular weight is 278 g/mol. The van der Waals surface area contributed by atoms with Gasteiger partial charge in [0.1, 0.15) is 5.75 Å². The monoisotopic (exact) mass is 278 g/mol. The molecule has 0 spiro atoms. The summed E-state index contributed by atoms with van der Waals surface area (Å²) < 4.78 is 5.75. The zero-order chi connectivity index (χ0) is 15.3. The van der Waals surface area contributed by atoms with Gasteiger partial charge in [0.05, 0.1) is 6.61 Å². The van der Waals surface area contributed by atoms with E-state index in [2.05, 4.69) is 40.7 Å².